The molecular weight excluding hydrogens is 176 g/mol. The number of hydrogen-bond acceptors (Lipinski definition) is 1. The molecule has 0 saturated carbocycles. The number of carboxylic acid groups (broad SMARTS) is 1. The highest BCUT2D eigenvalue weighted by Crippen LogP contribution is 2.32. The molecule has 1 aliphatic carbocycles. The summed E-state index contributed by atoms with van der Waals surface area (Å²) in [5.41, 5.74) is 4.52. The molecule has 1 aliphatic rings. The molecule has 0 unspecified atom stereocenters. The van der Waals surface area contributed by atoms with Crippen LogP contribution in [0.1, 0.15) is 23.1 Å². The van der Waals surface area contributed by atoms with Gasteiger partial charge in [0.25, 0.3) is 0 Å². The van der Waals surface area contributed by atoms with Crippen LogP contribution < -0.4 is 0 Å². The molecule has 0 spiro atoms. The van der Waals surface area contributed by atoms with Gasteiger partial charge in [-0.2, -0.15) is 0 Å². The van der Waals surface area contributed by atoms with Gasteiger partial charge in [-0.05, 0) is 36.5 Å². The van der Waals surface area contributed by atoms with Crippen molar-refractivity contribution in [1.29, 1.82) is 0 Å². The van der Waals surface area contributed by atoms with E-state index in [4.69, 9.17) is 5.11 Å². The minimum atomic E-state index is -0.852. The van der Waals surface area contributed by atoms with Crippen LogP contribution in [0, 0.1) is 6.92 Å². The normalized spacial score (nSPS) is 17.1. The van der Waals surface area contributed by atoms with Gasteiger partial charge in [0.1, 0.15) is 0 Å². The molecule has 2 heteroatoms. The van der Waals surface area contributed by atoms with Crippen molar-refractivity contribution in [3.63, 3.8) is 0 Å². The molecule has 0 fully saturated rings. The molecule has 1 N–H and O–H groups in total. The van der Waals surface area contributed by atoms with Gasteiger partial charge in [-0.1, -0.05) is 23.8 Å². The predicted octanol–water partition coefficient (Wildman–Crippen LogP) is 2.41. The lowest BCUT2D eigenvalue weighted by atomic mass is 10.0. The van der Waals surface area contributed by atoms with Crippen LogP contribution in [0.3, 0.4) is 0 Å². The van der Waals surface area contributed by atoms with Gasteiger partial charge in [0, 0.05) is 6.08 Å². The minimum absolute atomic E-state index is 0.852. The van der Waals surface area contributed by atoms with Crippen LogP contribution in [0.2, 0.25) is 0 Å². The lowest BCUT2D eigenvalue weighted by molar-refractivity contribution is -0.131. The van der Waals surface area contributed by atoms with Crippen molar-refractivity contribution in [3.8, 4) is 0 Å². The number of aliphatic carboxylic acids is 1. The van der Waals surface area contributed by atoms with E-state index in [1.807, 2.05) is 6.92 Å². The summed E-state index contributed by atoms with van der Waals surface area (Å²) in [6.45, 7) is 2.02. The highest BCUT2D eigenvalue weighted by molar-refractivity contribution is 5.91. The van der Waals surface area contributed by atoms with Crippen molar-refractivity contribution in [3.05, 3.63) is 41.0 Å². The summed E-state index contributed by atoms with van der Waals surface area (Å²) in [6, 6.07) is 6.23. The van der Waals surface area contributed by atoms with Gasteiger partial charge in [-0.15, -0.1) is 0 Å². The molecule has 1 aromatic carbocycles. The number of benzene rings is 1. The van der Waals surface area contributed by atoms with Gasteiger partial charge < -0.3 is 5.11 Å². The Morgan fingerprint density at radius 2 is 2.21 bits per heavy atom. The maximum absolute atomic E-state index is 10.6. The molecule has 14 heavy (non-hydrogen) atoms. The van der Waals surface area contributed by atoms with E-state index in [2.05, 4.69) is 18.2 Å². The van der Waals surface area contributed by atoms with Crippen LogP contribution in [0.5, 0.6) is 0 Å². The number of fused-ring (bicyclic) bond motifs is 1. The van der Waals surface area contributed by atoms with Crippen molar-refractivity contribution in [2.24, 2.45) is 0 Å². The quantitative estimate of drug-likeness (QED) is 0.687. The van der Waals surface area contributed by atoms with E-state index in [1.54, 1.807) is 0 Å². The predicted molar refractivity (Wildman–Crippen MR) is 55.1 cm³/mol. The Morgan fingerprint density at radius 3 is 2.93 bits per heavy atom. The Kier molecular flexibility index (Phi) is 2.12. The second-order valence-corrected chi connectivity index (χ2v) is 3.67. The van der Waals surface area contributed by atoms with Gasteiger partial charge in [-0.3, -0.25) is 0 Å². The molecule has 0 atom stereocenters. The first-order chi connectivity index (χ1) is 6.66. The third-order valence-corrected chi connectivity index (χ3v) is 2.57. The van der Waals surface area contributed by atoms with Crippen molar-refractivity contribution >= 4 is 11.5 Å². The van der Waals surface area contributed by atoms with Crippen molar-refractivity contribution in [2.45, 2.75) is 19.8 Å². The largest absolute Gasteiger partial charge is 0.478 e. The molecule has 0 aromatic heterocycles. The first-order valence-corrected chi connectivity index (χ1v) is 4.70. The summed E-state index contributed by atoms with van der Waals surface area (Å²) >= 11 is 0. The summed E-state index contributed by atoms with van der Waals surface area (Å²) in [5.74, 6) is -0.852. The van der Waals surface area contributed by atoms with Crippen LogP contribution in [0.15, 0.2) is 24.3 Å². The SMILES string of the molecule is Cc1ccc2c(c1)/C(=C\C(=O)O)CC2. The number of rotatable bonds is 1. The van der Waals surface area contributed by atoms with Gasteiger partial charge in [0.2, 0.25) is 0 Å². The monoisotopic (exact) mass is 188 g/mol. The average Bonchev–Trinajstić information content (AvgIpc) is 2.47. The Morgan fingerprint density at radius 1 is 1.43 bits per heavy atom. The molecule has 0 aliphatic heterocycles. The maximum atomic E-state index is 10.6. The zero-order valence-corrected chi connectivity index (χ0v) is 8.08. The number of carboxylic acids is 1. The molecule has 0 saturated heterocycles. The molecule has 1 aromatic rings. The fourth-order valence-electron chi connectivity index (χ4n) is 1.91. The van der Waals surface area contributed by atoms with E-state index in [-0.39, 0.29) is 0 Å². The van der Waals surface area contributed by atoms with Gasteiger partial charge in [0.15, 0.2) is 0 Å². The molecule has 0 heterocycles. The fraction of sp³-hybridized carbons (Fsp3) is 0.250. The summed E-state index contributed by atoms with van der Waals surface area (Å²) in [7, 11) is 0. The van der Waals surface area contributed by atoms with Crippen LogP contribution in [0.25, 0.3) is 5.57 Å². The van der Waals surface area contributed by atoms with E-state index < -0.39 is 5.97 Å². The maximum Gasteiger partial charge on any atom is 0.328 e. The summed E-state index contributed by atoms with van der Waals surface area (Å²) in [5, 5.41) is 8.69. The molecule has 0 bridgehead atoms. The standard InChI is InChI=1S/C12H12O2/c1-8-2-3-9-4-5-10(7-12(13)14)11(9)6-8/h2-3,6-7H,4-5H2,1H3,(H,13,14)/b10-7-. The summed E-state index contributed by atoms with van der Waals surface area (Å²) < 4.78 is 0. The number of carbonyl (C=O) groups is 1. The van der Waals surface area contributed by atoms with Gasteiger partial charge in [-0.25, -0.2) is 4.79 Å². The van der Waals surface area contributed by atoms with E-state index >= 15 is 0 Å². The lowest BCUT2D eigenvalue weighted by Crippen LogP contribution is -1.90. The van der Waals surface area contributed by atoms with Crippen LogP contribution in [-0.2, 0) is 11.2 Å². The van der Waals surface area contributed by atoms with Crippen molar-refractivity contribution in [2.75, 3.05) is 0 Å². The molecule has 2 rings (SSSR count). The summed E-state index contributed by atoms with van der Waals surface area (Å²) in [6.07, 6.45) is 3.14. The molecule has 0 amide bonds. The lowest BCUT2D eigenvalue weighted by Gasteiger charge is -2.01. The third kappa shape index (κ3) is 1.55. The number of hydrogen-bond donors (Lipinski definition) is 1. The fourth-order valence-corrected chi connectivity index (χ4v) is 1.91. The van der Waals surface area contributed by atoms with Crippen molar-refractivity contribution in [1.82, 2.24) is 0 Å². The van der Waals surface area contributed by atoms with Gasteiger partial charge >= 0.3 is 5.97 Å². The highest BCUT2D eigenvalue weighted by atomic mass is 16.4. The molecule has 72 valence electrons. The first-order valence-electron chi connectivity index (χ1n) is 4.70. The van der Waals surface area contributed by atoms with Crippen LogP contribution in [-0.4, -0.2) is 11.1 Å². The average molecular weight is 188 g/mol. The number of allylic oxidation sites excluding steroid dienone is 1. The smallest absolute Gasteiger partial charge is 0.328 e. The Labute approximate surface area is 82.9 Å². The van der Waals surface area contributed by atoms with Crippen LogP contribution in [0.4, 0.5) is 0 Å². The second kappa shape index (κ2) is 3.29. The zero-order chi connectivity index (χ0) is 10.1. The Bertz CT molecular complexity index is 416. The van der Waals surface area contributed by atoms with E-state index in [1.165, 1.54) is 17.2 Å². The summed E-state index contributed by atoms with van der Waals surface area (Å²) in [4.78, 5) is 10.6. The molecule has 2 nitrogen and oxygen atoms in total. The topological polar surface area (TPSA) is 37.3 Å². The molecular formula is C12H12O2. The minimum Gasteiger partial charge on any atom is -0.478 e. The van der Waals surface area contributed by atoms with E-state index in [9.17, 15) is 4.79 Å². The first kappa shape index (κ1) is 9.00. The highest BCUT2D eigenvalue weighted by Gasteiger charge is 2.16. The number of aryl methyl sites for hydroxylation is 2. The third-order valence-electron chi connectivity index (χ3n) is 2.57. The van der Waals surface area contributed by atoms with E-state index in [0.717, 1.165) is 24.0 Å². The van der Waals surface area contributed by atoms with Crippen LogP contribution >= 0.6 is 0 Å². The van der Waals surface area contributed by atoms with E-state index in [0.29, 0.717) is 0 Å². The molecule has 0 radical (unpaired) electrons. The van der Waals surface area contributed by atoms with Gasteiger partial charge in [0.05, 0.1) is 0 Å². The zero-order valence-electron chi connectivity index (χ0n) is 8.08. The Balaban J connectivity index is 2.48. The second-order valence-electron chi connectivity index (χ2n) is 3.67. The van der Waals surface area contributed by atoms with Crippen molar-refractivity contribution < 1.29 is 9.90 Å². The Hall–Kier alpha value is -1.57.